The number of pyridine rings is 1. The molecule has 9 heteroatoms. The molecule has 0 amide bonds. The quantitative estimate of drug-likeness (QED) is 0.711. The van der Waals surface area contributed by atoms with E-state index < -0.39 is 11.7 Å². The molecule has 23 heavy (non-hydrogen) atoms. The highest BCUT2D eigenvalue weighted by Crippen LogP contribution is 2.33. The molecule has 0 fully saturated rings. The lowest BCUT2D eigenvalue weighted by Crippen LogP contribution is -2.05. The summed E-state index contributed by atoms with van der Waals surface area (Å²) in [5, 5.41) is 7.35. The van der Waals surface area contributed by atoms with E-state index in [0.717, 1.165) is 12.3 Å². The van der Waals surface area contributed by atoms with Crippen molar-refractivity contribution in [2.75, 3.05) is 0 Å². The molecule has 2 aromatic heterocycles. The summed E-state index contributed by atoms with van der Waals surface area (Å²) in [6, 6.07) is 7.08. The summed E-state index contributed by atoms with van der Waals surface area (Å²) in [5.74, 6) is 0.446. The van der Waals surface area contributed by atoms with Crippen molar-refractivity contribution in [3.63, 3.8) is 0 Å². The lowest BCUT2D eigenvalue weighted by molar-refractivity contribution is -0.137. The van der Waals surface area contributed by atoms with E-state index in [0.29, 0.717) is 21.4 Å². The topological polar surface area (TPSA) is 54.5 Å². The highest BCUT2D eigenvalue weighted by Gasteiger charge is 2.30. The number of H-pyrrole nitrogens is 1. The number of aromatic nitrogens is 4. The highest BCUT2D eigenvalue weighted by molar-refractivity contribution is 6.38. The van der Waals surface area contributed by atoms with Crippen LogP contribution in [0.25, 0.3) is 22.9 Å². The first-order chi connectivity index (χ1) is 10.9. The van der Waals surface area contributed by atoms with Gasteiger partial charge in [0.15, 0.2) is 11.6 Å². The van der Waals surface area contributed by atoms with Gasteiger partial charge < -0.3 is 0 Å². The normalized spacial score (nSPS) is 11.7. The van der Waals surface area contributed by atoms with Crippen LogP contribution >= 0.6 is 23.2 Å². The predicted octanol–water partition coefficient (Wildman–Crippen LogP) is 4.86. The molecule has 0 unspecified atom stereocenters. The van der Waals surface area contributed by atoms with Gasteiger partial charge in [-0.25, -0.2) is 4.98 Å². The lowest BCUT2D eigenvalue weighted by Gasteiger charge is -2.05. The van der Waals surface area contributed by atoms with Crippen molar-refractivity contribution in [1.82, 2.24) is 20.2 Å². The SMILES string of the molecule is FC(F)(F)c1ccc(-c2n[nH]c(-c3c(Cl)cccc3Cl)n2)nc1. The summed E-state index contributed by atoms with van der Waals surface area (Å²) in [7, 11) is 0. The third-order valence-corrected chi connectivity index (χ3v) is 3.63. The van der Waals surface area contributed by atoms with E-state index in [-0.39, 0.29) is 11.5 Å². The first-order valence-corrected chi connectivity index (χ1v) is 7.02. The van der Waals surface area contributed by atoms with Crippen LogP contribution < -0.4 is 0 Å². The molecule has 1 aromatic carbocycles. The molecular weight excluding hydrogens is 352 g/mol. The van der Waals surface area contributed by atoms with Crippen molar-refractivity contribution < 1.29 is 13.2 Å². The second kappa shape index (κ2) is 5.82. The number of nitrogens with one attached hydrogen (secondary N) is 1. The summed E-state index contributed by atoms with van der Waals surface area (Å²) in [6.45, 7) is 0. The second-order valence-electron chi connectivity index (χ2n) is 4.53. The number of nitrogens with zero attached hydrogens (tertiary/aromatic N) is 3. The van der Waals surface area contributed by atoms with Crippen molar-refractivity contribution in [3.8, 4) is 22.9 Å². The monoisotopic (exact) mass is 358 g/mol. The molecule has 0 saturated carbocycles. The van der Waals surface area contributed by atoms with Crippen LogP contribution in [0.3, 0.4) is 0 Å². The minimum atomic E-state index is -4.44. The number of rotatable bonds is 2. The zero-order valence-electron chi connectivity index (χ0n) is 11.2. The molecule has 4 nitrogen and oxygen atoms in total. The van der Waals surface area contributed by atoms with Gasteiger partial charge in [0, 0.05) is 6.20 Å². The number of benzene rings is 1. The maximum atomic E-state index is 12.5. The Morgan fingerprint density at radius 2 is 1.70 bits per heavy atom. The molecule has 1 N–H and O–H groups in total. The first kappa shape index (κ1) is 15.8. The van der Waals surface area contributed by atoms with Crippen LogP contribution in [0.15, 0.2) is 36.5 Å². The fraction of sp³-hybridized carbons (Fsp3) is 0.0714. The zero-order valence-corrected chi connectivity index (χ0v) is 12.7. The molecule has 0 atom stereocenters. The fourth-order valence-electron chi connectivity index (χ4n) is 1.91. The van der Waals surface area contributed by atoms with Crippen molar-refractivity contribution in [2.24, 2.45) is 0 Å². The molecule has 0 spiro atoms. The van der Waals surface area contributed by atoms with E-state index in [4.69, 9.17) is 23.2 Å². The molecular formula is C14H7Cl2F3N4. The van der Waals surface area contributed by atoms with Crippen LogP contribution in [0.2, 0.25) is 10.0 Å². The maximum Gasteiger partial charge on any atom is 0.417 e. The molecule has 0 radical (unpaired) electrons. The average Bonchev–Trinajstić information content (AvgIpc) is 2.96. The summed E-state index contributed by atoms with van der Waals surface area (Å²) in [6.07, 6.45) is -3.71. The number of hydrogen-bond acceptors (Lipinski definition) is 3. The van der Waals surface area contributed by atoms with Crippen LogP contribution in [0.1, 0.15) is 5.56 Å². The first-order valence-electron chi connectivity index (χ1n) is 6.26. The summed E-state index contributed by atoms with van der Waals surface area (Å²) in [4.78, 5) is 7.92. The van der Waals surface area contributed by atoms with Gasteiger partial charge in [-0.15, -0.1) is 0 Å². The molecule has 0 bridgehead atoms. The molecule has 118 valence electrons. The van der Waals surface area contributed by atoms with E-state index in [1.807, 2.05) is 0 Å². The zero-order chi connectivity index (χ0) is 16.6. The largest absolute Gasteiger partial charge is 0.417 e. The Morgan fingerprint density at radius 3 is 2.26 bits per heavy atom. The molecule has 0 aliphatic rings. The smallest absolute Gasteiger partial charge is 0.259 e. The second-order valence-corrected chi connectivity index (χ2v) is 5.35. The summed E-state index contributed by atoms with van der Waals surface area (Å²) in [5.41, 5.74) is -0.184. The lowest BCUT2D eigenvalue weighted by atomic mass is 10.2. The molecule has 2 heterocycles. The van der Waals surface area contributed by atoms with Crippen molar-refractivity contribution in [1.29, 1.82) is 0 Å². The number of alkyl halides is 3. The number of halogens is 5. The maximum absolute atomic E-state index is 12.5. The van der Waals surface area contributed by atoms with E-state index in [9.17, 15) is 13.2 Å². The van der Waals surface area contributed by atoms with Gasteiger partial charge in [-0.05, 0) is 24.3 Å². The number of hydrogen-bond donors (Lipinski definition) is 1. The van der Waals surface area contributed by atoms with Crippen molar-refractivity contribution >= 4 is 23.2 Å². The van der Waals surface area contributed by atoms with Gasteiger partial charge >= 0.3 is 6.18 Å². The van der Waals surface area contributed by atoms with Gasteiger partial charge in [-0.1, -0.05) is 29.3 Å². The standard InChI is InChI=1S/C14H7Cl2F3N4/c15-8-2-1-3-9(16)11(8)13-21-12(22-23-13)10-5-4-7(6-20-10)14(17,18)19/h1-6H,(H,21,22,23). The fourth-order valence-corrected chi connectivity index (χ4v) is 2.48. The third kappa shape index (κ3) is 3.16. The third-order valence-electron chi connectivity index (χ3n) is 3.00. The number of aromatic amines is 1. The Balaban J connectivity index is 1.96. The van der Waals surface area contributed by atoms with Crippen LogP contribution in [0.5, 0.6) is 0 Å². The molecule has 0 saturated heterocycles. The van der Waals surface area contributed by atoms with Crippen LogP contribution in [-0.4, -0.2) is 20.2 Å². The Hall–Kier alpha value is -2.12. The van der Waals surface area contributed by atoms with Crippen LogP contribution in [-0.2, 0) is 6.18 Å². The van der Waals surface area contributed by atoms with E-state index in [2.05, 4.69) is 20.2 Å². The average molecular weight is 359 g/mol. The molecule has 3 rings (SSSR count). The summed E-state index contributed by atoms with van der Waals surface area (Å²) < 4.78 is 37.6. The van der Waals surface area contributed by atoms with Gasteiger partial charge in [-0.2, -0.15) is 18.3 Å². The van der Waals surface area contributed by atoms with Crippen LogP contribution in [0, 0.1) is 0 Å². The van der Waals surface area contributed by atoms with Gasteiger partial charge in [0.05, 0.1) is 21.2 Å². The molecule has 0 aliphatic heterocycles. The van der Waals surface area contributed by atoms with Crippen molar-refractivity contribution in [2.45, 2.75) is 6.18 Å². The summed E-state index contributed by atoms with van der Waals surface area (Å²) >= 11 is 12.2. The van der Waals surface area contributed by atoms with Gasteiger partial charge in [0.2, 0.25) is 0 Å². The van der Waals surface area contributed by atoms with Gasteiger partial charge in [-0.3, -0.25) is 10.1 Å². The van der Waals surface area contributed by atoms with Gasteiger partial charge in [0.1, 0.15) is 5.69 Å². The van der Waals surface area contributed by atoms with Crippen LogP contribution in [0.4, 0.5) is 13.2 Å². The Kier molecular flexibility index (Phi) is 3.99. The Morgan fingerprint density at radius 1 is 1.00 bits per heavy atom. The molecule has 3 aromatic rings. The van der Waals surface area contributed by atoms with E-state index >= 15 is 0 Å². The van der Waals surface area contributed by atoms with Gasteiger partial charge in [0.25, 0.3) is 0 Å². The molecule has 0 aliphatic carbocycles. The highest BCUT2D eigenvalue weighted by atomic mass is 35.5. The minimum Gasteiger partial charge on any atom is -0.259 e. The van der Waals surface area contributed by atoms with Crippen molar-refractivity contribution in [3.05, 3.63) is 52.1 Å². The Labute approximate surface area is 138 Å². The Bertz CT molecular complexity index is 824. The van der Waals surface area contributed by atoms with E-state index in [1.54, 1.807) is 18.2 Å². The minimum absolute atomic E-state index is 0.143. The van der Waals surface area contributed by atoms with E-state index in [1.165, 1.54) is 6.07 Å². The predicted molar refractivity (Wildman–Crippen MR) is 80.1 cm³/mol.